The van der Waals surface area contributed by atoms with Crippen LogP contribution in [0.15, 0.2) is 34.1 Å². The van der Waals surface area contributed by atoms with Crippen molar-refractivity contribution < 1.29 is 9.21 Å². The number of ketones is 1. The summed E-state index contributed by atoms with van der Waals surface area (Å²) in [5.41, 5.74) is 3.79. The summed E-state index contributed by atoms with van der Waals surface area (Å²) in [4.78, 5) is 16.2. The van der Waals surface area contributed by atoms with Crippen LogP contribution in [0.3, 0.4) is 0 Å². The second kappa shape index (κ2) is 5.40. The van der Waals surface area contributed by atoms with Crippen molar-refractivity contribution in [2.45, 2.75) is 26.0 Å². The van der Waals surface area contributed by atoms with Gasteiger partial charge in [0.05, 0.1) is 11.4 Å². The van der Waals surface area contributed by atoms with Crippen molar-refractivity contribution in [3.8, 4) is 0 Å². The first-order valence-electron chi connectivity index (χ1n) is 5.71. The first-order chi connectivity index (χ1) is 8.56. The Labute approximate surface area is 111 Å². The van der Waals surface area contributed by atoms with E-state index in [1.807, 2.05) is 39.0 Å². The molecule has 0 amide bonds. The van der Waals surface area contributed by atoms with Gasteiger partial charge in [0.15, 0.2) is 5.78 Å². The molecular weight excluding hydrogens is 246 g/mol. The van der Waals surface area contributed by atoms with E-state index < -0.39 is 0 Å². The highest BCUT2D eigenvalue weighted by Crippen LogP contribution is 2.20. The Hall–Kier alpha value is -1.55. The topological polar surface area (TPSA) is 43.1 Å². The van der Waals surface area contributed by atoms with Crippen LogP contribution in [0.25, 0.3) is 0 Å². The van der Waals surface area contributed by atoms with E-state index in [1.54, 1.807) is 6.26 Å². The minimum atomic E-state index is 0.105. The molecule has 1 aromatic heterocycles. The lowest BCUT2D eigenvalue weighted by atomic mass is 10.0. The van der Waals surface area contributed by atoms with Crippen molar-refractivity contribution in [1.29, 1.82) is 0 Å². The third-order valence-electron chi connectivity index (χ3n) is 2.61. The first-order valence-corrected chi connectivity index (χ1v) is 6.70. The Morgan fingerprint density at radius 1 is 1.33 bits per heavy atom. The largest absolute Gasteiger partial charge is 0.440 e. The van der Waals surface area contributed by atoms with E-state index in [1.165, 1.54) is 17.3 Å². The van der Waals surface area contributed by atoms with Gasteiger partial charge in [-0.2, -0.15) is 0 Å². The van der Waals surface area contributed by atoms with Crippen molar-refractivity contribution >= 4 is 17.5 Å². The first kappa shape index (κ1) is 12.9. The number of oxazole rings is 1. The number of hydrogen-bond donors (Lipinski definition) is 0. The van der Waals surface area contributed by atoms with Crippen molar-refractivity contribution in [3.63, 3.8) is 0 Å². The molecule has 0 aliphatic carbocycles. The molecule has 0 saturated heterocycles. The molecule has 0 N–H and O–H groups in total. The van der Waals surface area contributed by atoms with E-state index in [2.05, 4.69) is 4.98 Å². The maximum atomic E-state index is 12.1. The third kappa shape index (κ3) is 3.01. The Kier molecular flexibility index (Phi) is 3.87. The van der Waals surface area contributed by atoms with Crippen LogP contribution in [-0.4, -0.2) is 16.5 Å². The third-order valence-corrected chi connectivity index (χ3v) is 3.45. The molecule has 2 aromatic rings. The van der Waals surface area contributed by atoms with Crippen LogP contribution in [0.1, 0.15) is 27.2 Å². The number of hydrogen-bond acceptors (Lipinski definition) is 4. The Morgan fingerprint density at radius 3 is 2.72 bits per heavy atom. The van der Waals surface area contributed by atoms with Crippen LogP contribution < -0.4 is 0 Å². The zero-order valence-corrected chi connectivity index (χ0v) is 11.5. The van der Waals surface area contributed by atoms with Crippen molar-refractivity contribution in [1.82, 2.24) is 4.98 Å². The van der Waals surface area contributed by atoms with Gasteiger partial charge in [-0.3, -0.25) is 4.79 Å². The Balaban J connectivity index is 2.03. The number of benzene rings is 1. The zero-order chi connectivity index (χ0) is 13.1. The van der Waals surface area contributed by atoms with Gasteiger partial charge in [-0.15, -0.1) is 0 Å². The molecule has 0 aliphatic rings. The van der Waals surface area contributed by atoms with Crippen LogP contribution in [0.2, 0.25) is 0 Å². The maximum absolute atomic E-state index is 12.1. The van der Waals surface area contributed by atoms with Gasteiger partial charge < -0.3 is 4.42 Å². The molecule has 0 spiro atoms. The lowest BCUT2D eigenvalue weighted by Gasteiger charge is -2.04. The van der Waals surface area contributed by atoms with Crippen LogP contribution in [0.4, 0.5) is 0 Å². The SMILES string of the molecule is Cc1ccc(C(=O)CSc2nc(C)co2)c(C)c1. The van der Waals surface area contributed by atoms with Gasteiger partial charge in [-0.1, -0.05) is 35.5 Å². The van der Waals surface area contributed by atoms with E-state index >= 15 is 0 Å². The molecule has 1 aromatic carbocycles. The summed E-state index contributed by atoms with van der Waals surface area (Å²) in [5, 5.41) is 0.547. The van der Waals surface area contributed by atoms with Gasteiger partial charge in [-0.25, -0.2) is 4.98 Å². The van der Waals surface area contributed by atoms with Crippen LogP contribution in [0, 0.1) is 20.8 Å². The number of carbonyl (C=O) groups is 1. The fourth-order valence-corrected chi connectivity index (χ4v) is 2.46. The molecule has 0 fully saturated rings. The number of nitrogens with zero attached hydrogens (tertiary/aromatic N) is 1. The molecule has 0 aliphatic heterocycles. The van der Waals surface area contributed by atoms with Gasteiger partial charge in [0.25, 0.3) is 5.22 Å². The van der Waals surface area contributed by atoms with Gasteiger partial charge in [0.1, 0.15) is 6.26 Å². The number of Topliss-reactive ketones (excluding diaryl/α,β-unsaturated/α-hetero) is 1. The number of aromatic nitrogens is 1. The van der Waals surface area contributed by atoms with Gasteiger partial charge >= 0.3 is 0 Å². The van der Waals surface area contributed by atoms with E-state index in [9.17, 15) is 4.79 Å². The zero-order valence-electron chi connectivity index (χ0n) is 10.7. The predicted molar refractivity (Wildman–Crippen MR) is 72.2 cm³/mol. The normalized spacial score (nSPS) is 10.6. The summed E-state index contributed by atoms with van der Waals surface area (Å²) >= 11 is 1.33. The molecule has 0 saturated carbocycles. The van der Waals surface area contributed by atoms with E-state index in [0.29, 0.717) is 11.0 Å². The summed E-state index contributed by atoms with van der Waals surface area (Å²) in [6.45, 7) is 5.84. The minimum absolute atomic E-state index is 0.105. The van der Waals surface area contributed by atoms with Crippen molar-refractivity contribution in [2.24, 2.45) is 0 Å². The van der Waals surface area contributed by atoms with E-state index in [4.69, 9.17) is 4.42 Å². The van der Waals surface area contributed by atoms with E-state index in [-0.39, 0.29) is 5.78 Å². The second-order valence-electron chi connectivity index (χ2n) is 4.29. The summed E-state index contributed by atoms with van der Waals surface area (Å²) in [6.07, 6.45) is 1.59. The van der Waals surface area contributed by atoms with E-state index in [0.717, 1.165) is 16.8 Å². The second-order valence-corrected chi connectivity index (χ2v) is 5.21. The number of aryl methyl sites for hydroxylation is 3. The van der Waals surface area contributed by atoms with Gasteiger partial charge in [0, 0.05) is 5.56 Å². The fourth-order valence-electron chi connectivity index (χ4n) is 1.73. The summed E-state index contributed by atoms with van der Waals surface area (Å²) < 4.78 is 5.20. The standard InChI is InChI=1S/C14H15NO2S/c1-9-4-5-12(10(2)6-9)13(16)8-18-14-15-11(3)7-17-14/h4-7H,8H2,1-3H3. The molecule has 18 heavy (non-hydrogen) atoms. The van der Waals surface area contributed by atoms with Crippen LogP contribution in [-0.2, 0) is 0 Å². The number of rotatable bonds is 4. The summed E-state index contributed by atoms with van der Waals surface area (Å²) in [5.74, 6) is 0.456. The Morgan fingerprint density at radius 2 is 2.11 bits per heavy atom. The quantitative estimate of drug-likeness (QED) is 0.623. The smallest absolute Gasteiger partial charge is 0.256 e. The van der Waals surface area contributed by atoms with Crippen LogP contribution in [0.5, 0.6) is 0 Å². The molecule has 0 atom stereocenters. The van der Waals surface area contributed by atoms with Crippen molar-refractivity contribution in [3.05, 3.63) is 46.8 Å². The lowest BCUT2D eigenvalue weighted by Crippen LogP contribution is -2.04. The maximum Gasteiger partial charge on any atom is 0.256 e. The van der Waals surface area contributed by atoms with Crippen molar-refractivity contribution in [2.75, 3.05) is 5.75 Å². The van der Waals surface area contributed by atoms with Gasteiger partial charge in [-0.05, 0) is 26.3 Å². The molecular formula is C14H15NO2S. The van der Waals surface area contributed by atoms with Gasteiger partial charge in [0.2, 0.25) is 0 Å². The minimum Gasteiger partial charge on any atom is -0.440 e. The Bertz CT molecular complexity index is 575. The highest BCUT2D eigenvalue weighted by molar-refractivity contribution is 7.99. The number of thioether (sulfide) groups is 1. The molecule has 1 heterocycles. The lowest BCUT2D eigenvalue weighted by molar-refractivity contribution is 0.102. The average Bonchev–Trinajstić information content (AvgIpc) is 2.72. The highest BCUT2D eigenvalue weighted by atomic mass is 32.2. The summed E-state index contributed by atoms with van der Waals surface area (Å²) in [7, 11) is 0. The molecule has 0 unspecified atom stereocenters. The monoisotopic (exact) mass is 261 g/mol. The predicted octanol–water partition coefficient (Wildman–Crippen LogP) is 3.57. The molecule has 3 nitrogen and oxygen atoms in total. The molecule has 94 valence electrons. The average molecular weight is 261 g/mol. The van der Waals surface area contributed by atoms with Crippen LogP contribution >= 0.6 is 11.8 Å². The molecule has 0 radical (unpaired) electrons. The number of carbonyl (C=O) groups excluding carboxylic acids is 1. The fraction of sp³-hybridized carbons (Fsp3) is 0.286. The summed E-state index contributed by atoms with van der Waals surface area (Å²) in [6, 6.07) is 5.86. The molecule has 4 heteroatoms. The molecule has 0 bridgehead atoms. The molecule has 2 rings (SSSR count). The highest BCUT2D eigenvalue weighted by Gasteiger charge is 2.11.